The Hall–Kier alpha value is -1.46. The lowest BCUT2D eigenvalue weighted by Crippen LogP contribution is -2.49. The summed E-state index contributed by atoms with van der Waals surface area (Å²) in [5.74, 6) is -0.328. The van der Waals surface area contributed by atoms with Gasteiger partial charge in [0.15, 0.2) is 0 Å². The minimum Gasteiger partial charge on any atom is -0.394 e. The van der Waals surface area contributed by atoms with E-state index in [-0.39, 0.29) is 18.3 Å². The highest BCUT2D eigenvalue weighted by molar-refractivity contribution is 5.89. The van der Waals surface area contributed by atoms with E-state index in [1.54, 1.807) is 6.07 Å². The van der Waals surface area contributed by atoms with Gasteiger partial charge in [-0.2, -0.15) is 0 Å². The first-order valence-corrected chi connectivity index (χ1v) is 7.42. The molecule has 4 nitrogen and oxygen atoms in total. The number of hydrogen-bond donors (Lipinski definition) is 2. The molecule has 21 heavy (non-hydrogen) atoms. The van der Waals surface area contributed by atoms with E-state index < -0.39 is 5.41 Å². The first-order valence-electron chi connectivity index (χ1n) is 7.42. The Morgan fingerprint density at radius 2 is 2.19 bits per heavy atom. The Balaban J connectivity index is 1.87. The fourth-order valence-electron chi connectivity index (χ4n) is 2.68. The first kappa shape index (κ1) is 15.9. The molecule has 1 amide bonds. The lowest BCUT2D eigenvalue weighted by atomic mass is 9.64. The van der Waals surface area contributed by atoms with E-state index in [0.29, 0.717) is 26.2 Å². The van der Waals surface area contributed by atoms with Gasteiger partial charge in [-0.1, -0.05) is 18.6 Å². The second kappa shape index (κ2) is 7.52. The van der Waals surface area contributed by atoms with Crippen LogP contribution in [0.4, 0.5) is 4.39 Å². The molecule has 0 bridgehead atoms. The highest BCUT2D eigenvalue weighted by Gasteiger charge is 2.45. The van der Waals surface area contributed by atoms with Crippen LogP contribution in [0.15, 0.2) is 24.3 Å². The van der Waals surface area contributed by atoms with Crippen LogP contribution in [0.1, 0.15) is 31.2 Å². The van der Waals surface area contributed by atoms with E-state index in [1.807, 2.05) is 6.07 Å². The van der Waals surface area contributed by atoms with E-state index in [0.717, 1.165) is 24.8 Å². The van der Waals surface area contributed by atoms with E-state index in [2.05, 4.69) is 5.32 Å². The van der Waals surface area contributed by atoms with Crippen molar-refractivity contribution in [1.29, 1.82) is 0 Å². The number of amides is 1. The lowest BCUT2D eigenvalue weighted by molar-refractivity contribution is -0.130. The summed E-state index contributed by atoms with van der Waals surface area (Å²) < 4.78 is 18.5. The fraction of sp³-hybridized carbons (Fsp3) is 0.562. The van der Waals surface area contributed by atoms with Gasteiger partial charge in [0, 0.05) is 13.2 Å². The normalized spacial score (nSPS) is 16.3. The second-order valence-electron chi connectivity index (χ2n) is 5.39. The van der Waals surface area contributed by atoms with E-state index in [9.17, 15) is 9.18 Å². The number of rotatable bonds is 8. The van der Waals surface area contributed by atoms with Crippen molar-refractivity contribution in [2.75, 3.05) is 26.4 Å². The summed E-state index contributed by atoms with van der Waals surface area (Å²) in [6.07, 6.45) is 3.22. The predicted octanol–water partition coefficient (Wildman–Crippen LogP) is 1.76. The van der Waals surface area contributed by atoms with Crippen molar-refractivity contribution in [2.24, 2.45) is 0 Å². The van der Waals surface area contributed by atoms with Crippen LogP contribution in [0, 0.1) is 5.82 Å². The number of ether oxygens (including phenoxy) is 1. The van der Waals surface area contributed by atoms with Crippen molar-refractivity contribution in [3.63, 3.8) is 0 Å². The number of aliphatic hydroxyl groups excluding tert-OH is 1. The van der Waals surface area contributed by atoms with Crippen LogP contribution in [0.3, 0.4) is 0 Å². The fourth-order valence-corrected chi connectivity index (χ4v) is 2.68. The van der Waals surface area contributed by atoms with Crippen LogP contribution in [-0.4, -0.2) is 37.4 Å². The van der Waals surface area contributed by atoms with Crippen molar-refractivity contribution in [2.45, 2.75) is 31.1 Å². The zero-order valence-electron chi connectivity index (χ0n) is 12.1. The van der Waals surface area contributed by atoms with Crippen molar-refractivity contribution in [1.82, 2.24) is 5.32 Å². The molecule has 2 rings (SSSR count). The Morgan fingerprint density at radius 1 is 1.38 bits per heavy atom. The molecule has 1 aromatic rings. The van der Waals surface area contributed by atoms with Gasteiger partial charge >= 0.3 is 0 Å². The topological polar surface area (TPSA) is 58.6 Å². The zero-order chi connectivity index (χ0) is 15.1. The SMILES string of the molecule is O=C(NCCCOCCO)C1(c2cccc(F)c2)CCC1. The van der Waals surface area contributed by atoms with E-state index in [1.165, 1.54) is 12.1 Å². The van der Waals surface area contributed by atoms with E-state index in [4.69, 9.17) is 9.84 Å². The van der Waals surface area contributed by atoms with Gasteiger partial charge in [0.1, 0.15) is 5.82 Å². The third kappa shape index (κ3) is 3.80. The first-order chi connectivity index (χ1) is 10.2. The Kier molecular flexibility index (Phi) is 5.70. The summed E-state index contributed by atoms with van der Waals surface area (Å²) in [7, 11) is 0. The molecule has 116 valence electrons. The standard InChI is InChI=1S/C16H22FNO3/c17-14-5-1-4-13(12-14)16(6-2-7-16)15(20)18-8-3-10-21-11-9-19/h1,4-5,12,19H,2-3,6-11H2,(H,18,20). The van der Waals surface area contributed by atoms with Crippen LogP contribution in [0.25, 0.3) is 0 Å². The number of hydrogen-bond acceptors (Lipinski definition) is 3. The smallest absolute Gasteiger partial charge is 0.230 e. The summed E-state index contributed by atoms with van der Waals surface area (Å²) in [5, 5.41) is 11.5. The molecule has 0 unspecified atom stereocenters. The van der Waals surface area contributed by atoms with Crippen LogP contribution in [0.5, 0.6) is 0 Å². The quantitative estimate of drug-likeness (QED) is 0.719. The zero-order valence-corrected chi connectivity index (χ0v) is 12.1. The maximum Gasteiger partial charge on any atom is 0.230 e. The highest BCUT2D eigenvalue weighted by atomic mass is 19.1. The minimum absolute atomic E-state index is 0.00897. The van der Waals surface area contributed by atoms with Gasteiger partial charge in [-0.25, -0.2) is 4.39 Å². The lowest BCUT2D eigenvalue weighted by Gasteiger charge is -2.40. The minimum atomic E-state index is -0.561. The molecule has 0 spiro atoms. The molecule has 1 aliphatic carbocycles. The Bertz CT molecular complexity index is 474. The summed E-state index contributed by atoms with van der Waals surface area (Å²) in [4.78, 5) is 12.4. The van der Waals surface area contributed by atoms with Crippen LogP contribution >= 0.6 is 0 Å². The Labute approximate surface area is 124 Å². The van der Waals surface area contributed by atoms with Gasteiger partial charge in [-0.3, -0.25) is 4.79 Å². The molecule has 0 atom stereocenters. The van der Waals surface area contributed by atoms with Gasteiger partial charge in [0.2, 0.25) is 5.91 Å². The van der Waals surface area contributed by atoms with E-state index >= 15 is 0 Å². The maximum atomic E-state index is 13.4. The van der Waals surface area contributed by atoms with Crippen molar-refractivity contribution in [3.05, 3.63) is 35.6 Å². The summed E-state index contributed by atoms with van der Waals surface area (Å²) in [5.41, 5.74) is 0.205. The average Bonchev–Trinajstić information content (AvgIpc) is 2.41. The number of nitrogens with one attached hydrogen (secondary N) is 1. The number of halogens is 1. The molecular formula is C16H22FNO3. The van der Waals surface area contributed by atoms with Gasteiger partial charge in [-0.15, -0.1) is 0 Å². The molecule has 1 saturated carbocycles. The molecular weight excluding hydrogens is 273 g/mol. The molecule has 0 saturated heterocycles. The van der Waals surface area contributed by atoms with Gasteiger partial charge < -0.3 is 15.2 Å². The van der Waals surface area contributed by atoms with Crippen LogP contribution < -0.4 is 5.32 Å². The molecule has 2 N–H and O–H groups in total. The number of aliphatic hydroxyl groups is 1. The second-order valence-corrected chi connectivity index (χ2v) is 5.39. The number of carbonyl (C=O) groups excluding carboxylic acids is 1. The average molecular weight is 295 g/mol. The summed E-state index contributed by atoms with van der Waals surface area (Å²) >= 11 is 0. The predicted molar refractivity (Wildman–Crippen MR) is 77.5 cm³/mol. The van der Waals surface area contributed by atoms with Gasteiger partial charge in [-0.05, 0) is 37.0 Å². The summed E-state index contributed by atoms with van der Waals surface area (Å²) in [6, 6.07) is 6.34. The van der Waals surface area contributed by atoms with Crippen molar-refractivity contribution < 1.29 is 19.0 Å². The highest BCUT2D eigenvalue weighted by Crippen LogP contribution is 2.44. The van der Waals surface area contributed by atoms with Crippen molar-refractivity contribution >= 4 is 5.91 Å². The molecule has 0 aliphatic heterocycles. The molecule has 0 radical (unpaired) electrons. The third-order valence-electron chi connectivity index (χ3n) is 4.01. The Morgan fingerprint density at radius 3 is 2.81 bits per heavy atom. The third-order valence-corrected chi connectivity index (χ3v) is 4.01. The largest absolute Gasteiger partial charge is 0.394 e. The van der Waals surface area contributed by atoms with Gasteiger partial charge in [0.25, 0.3) is 0 Å². The molecule has 1 aliphatic rings. The number of benzene rings is 1. The molecule has 0 heterocycles. The van der Waals surface area contributed by atoms with Crippen LogP contribution in [0.2, 0.25) is 0 Å². The molecule has 5 heteroatoms. The molecule has 1 aromatic carbocycles. The molecule has 1 fully saturated rings. The van der Waals surface area contributed by atoms with Gasteiger partial charge in [0.05, 0.1) is 18.6 Å². The van der Waals surface area contributed by atoms with Crippen molar-refractivity contribution in [3.8, 4) is 0 Å². The number of carbonyl (C=O) groups is 1. The van der Waals surface area contributed by atoms with Crippen LogP contribution in [-0.2, 0) is 14.9 Å². The molecule has 0 aromatic heterocycles. The maximum absolute atomic E-state index is 13.4. The summed E-state index contributed by atoms with van der Waals surface area (Å²) in [6.45, 7) is 1.37. The monoisotopic (exact) mass is 295 g/mol.